The molecule has 0 aliphatic carbocycles. The van der Waals surface area contributed by atoms with Crippen molar-refractivity contribution in [3.63, 3.8) is 0 Å². The molecule has 0 saturated carbocycles. The maximum Gasteiger partial charge on any atom is 0.0917 e. The van der Waals surface area contributed by atoms with Crippen LogP contribution in [0.25, 0.3) is 0 Å². The highest BCUT2D eigenvalue weighted by molar-refractivity contribution is 5.48. The minimum atomic E-state index is -0.480. The fraction of sp³-hybridized carbons (Fsp3) is 0.333. The highest BCUT2D eigenvalue weighted by atomic mass is 16.3. The number of aliphatic hydroxyl groups is 1. The van der Waals surface area contributed by atoms with Crippen molar-refractivity contribution in [3.8, 4) is 0 Å². The molecule has 3 rings (SSSR count). The molecule has 0 spiro atoms. The van der Waals surface area contributed by atoms with E-state index in [1.807, 2.05) is 48.5 Å². The van der Waals surface area contributed by atoms with Crippen molar-refractivity contribution in [1.82, 2.24) is 10.2 Å². The van der Waals surface area contributed by atoms with Crippen LogP contribution in [0.15, 0.2) is 54.6 Å². The van der Waals surface area contributed by atoms with Gasteiger partial charge in [0, 0.05) is 37.9 Å². The molecule has 4 nitrogen and oxygen atoms in total. The van der Waals surface area contributed by atoms with Gasteiger partial charge in [-0.15, -0.1) is 0 Å². The standard InChI is InChI=1S/C18H23N3O/c19-16-9-5-4-8-15(16)17-12-20-10-11-21(17)13-18(22)14-6-2-1-3-7-14/h1-9,17-18,20,22H,10-13,19H2. The van der Waals surface area contributed by atoms with Crippen molar-refractivity contribution >= 4 is 5.69 Å². The lowest BCUT2D eigenvalue weighted by atomic mass is 10.00. The van der Waals surface area contributed by atoms with Gasteiger partial charge in [-0.3, -0.25) is 4.90 Å². The Morgan fingerprint density at radius 1 is 1.14 bits per heavy atom. The predicted molar refractivity (Wildman–Crippen MR) is 89.4 cm³/mol. The number of rotatable bonds is 4. The zero-order valence-electron chi connectivity index (χ0n) is 12.7. The summed E-state index contributed by atoms with van der Waals surface area (Å²) in [5.41, 5.74) is 9.05. The molecule has 1 saturated heterocycles. The smallest absolute Gasteiger partial charge is 0.0917 e. The van der Waals surface area contributed by atoms with Gasteiger partial charge in [0.15, 0.2) is 0 Å². The molecule has 116 valence electrons. The van der Waals surface area contributed by atoms with E-state index in [1.165, 1.54) is 0 Å². The van der Waals surface area contributed by atoms with Gasteiger partial charge in [0.1, 0.15) is 0 Å². The largest absolute Gasteiger partial charge is 0.398 e. The van der Waals surface area contributed by atoms with Gasteiger partial charge in [-0.25, -0.2) is 0 Å². The van der Waals surface area contributed by atoms with E-state index >= 15 is 0 Å². The second kappa shape index (κ2) is 6.92. The van der Waals surface area contributed by atoms with E-state index in [0.717, 1.165) is 36.4 Å². The lowest BCUT2D eigenvalue weighted by Gasteiger charge is -2.38. The van der Waals surface area contributed by atoms with Gasteiger partial charge >= 0.3 is 0 Å². The van der Waals surface area contributed by atoms with Crippen molar-refractivity contribution in [2.24, 2.45) is 0 Å². The van der Waals surface area contributed by atoms with Gasteiger partial charge in [0.2, 0.25) is 0 Å². The number of nitrogens with zero attached hydrogens (tertiary/aromatic N) is 1. The van der Waals surface area contributed by atoms with Gasteiger partial charge in [0.05, 0.1) is 6.10 Å². The van der Waals surface area contributed by atoms with Crippen molar-refractivity contribution in [2.75, 3.05) is 31.9 Å². The Morgan fingerprint density at radius 3 is 2.64 bits per heavy atom. The number of hydrogen-bond donors (Lipinski definition) is 3. The molecule has 0 amide bonds. The third-order valence-corrected chi connectivity index (χ3v) is 4.30. The maximum atomic E-state index is 10.5. The summed E-state index contributed by atoms with van der Waals surface area (Å²) in [6.45, 7) is 3.31. The Kier molecular flexibility index (Phi) is 4.73. The Labute approximate surface area is 131 Å². The van der Waals surface area contributed by atoms with Crippen LogP contribution in [0.3, 0.4) is 0 Å². The van der Waals surface area contributed by atoms with E-state index in [2.05, 4.69) is 16.3 Å². The summed E-state index contributed by atoms with van der Waals surface area (Å²) in [6.07, 6.45) is -0.480. The zero-order chi connectivity index (χ0) is 15.4. The molecule has 2 atom stereocenters. The number of nitrogen functional groups attached to an aromatic ring is 1. The molecule has 4 heteroatoms. The Hall–Kier alpha value is -1.88. The third-order valence-electron chi connectivity index (χ3n) is 4.30. The number of benzene rings is 2. The first kappa shape index (κ1) is 15.0. The molecule has 2 unspecified atom stereocenters. The second-order valence-corrected chi connectivity index (χ2v) is 5.77. The lowest BCUT2D eigenvalue weighted by Crippen LogP contribution is -2.47. The molecule has 1 heterocycles. The zero-order valence-corrected chi connectivity index (χ0v) is 12.7. The molecule has 2 aromatic rings. The van der Waals surface area contributed by atoms with Crippen LogP contribution in [-0.4, -0.2) is 36.2 Å². The number of β-amino-alcohol motifs (C(OH)–C–C–N with tert-alkyl or cyclic N) is 1. The van der Waals surface area contributed by atoms with Crippen LogP contribution in [0.2, 0.25) is 0 Å². The number of aliphatic hydroxyl groups excluding tert-OH is 1. The molecule has 0 aromatic heterocycles. The summed E-state index contributed by atoms with van der Waals surface area (Å²) in [7, 11) is 0. The van der Waals surface area contributed by atoms with Gasteiger partial charge in [-0.1, -0.05) is 48.5 Å². The number of nitrogens with one attached hydrogen (secondary N) is 1. The topological polar surface area (TPSA) is 61.5 Å². The minimum absolute atomic E-state index is 0.202. The molecule has 22 heavy (non-hydrogen) atoms. The molecule has 4 N–H and O–H groups in total. The quantitative estimate of drug-likeness (QED) is 0.755. The highest BCUT2D eigenvalue weighted by Crippen LogP contribution is 2.28. The summed E-state index contributed by atoms with van der Waals surface area (Å²) in [5.74, 6) is 0. The van der Waals surface area contributed by atoms with E-state index in [0.29, 0.717) is 6.54 Å². The number of para-hydroxylation sites is 1. The molecule has 1 aliphatic rings. The van der Waals surface area contributed by atoms with Gasteiger partial charge in [0.25, 0.3) is 0 Å². The van der Waals surface area contributed by atoms with Crippen LogP contribution in [-0.2, 0) is 0 Å². The fourth-order valence-corrected chi connectivity index (χ4v) is 3.09. The first-order valence-electron chi connectivity index (χ1n) is 7.78. The van der Waals surface area contributed by atoms with Crippen molar-refractivity contribution in [2.45, 2.75) is 12.1 Å². The van der Waals surface area contributed by atoms with Crippen LogP contribution in [0.1, 0.15) is 23.3 Å². The lowest BCUT2D eigenvalue weighted by molar-refractivity contribution is 0.0735. The van der Waals surface area contributed by atoms with E-state index in [4.69, 9.17) is 5.73 Å². The summed E-state index contributed by atoms with van der Waals surface area (Å²) < 4.78 is 0. The average molecular weight is 297 g/mol. The number of anilines is 1. The Balaban J connectivity index is 1.77. The highest BCUT2D eigenvalue weighted by Gasteiger charge is 2.27. The molecular weight excluding hydrogens is 274 g/mol. The third kappa shape index (κ3) is 3.30. The normalized spacial score (nSPS) is 20.7. The number of hydrogen-bond acceptors (Lipinski definition) is 4. The minimum Gasteiger partial charge on any atom is -0.398 e. The van der Waals surface area contributed by atoms with Crippen LogP contribution >= 0.6 is 0 Å². The molecule has 2 aromatic carbocycles. The van der Waals surface area contributed by atoms with Crippen LogP contribution in [0.4, 0.5) is 5.69 Å². The Morgan fingerprint density at radius 2 is 1.86 bits per heavy atom. The monoisotopic (exact) mass is 297 g/mol. The van der Waals surface area contributed by atoms with Gasteiger partial charge in [-0.05, 0) is 17.2 Å². The predicted octanol–water partition coefficient (Wildman–Crippen LogP) is 1.95. The molecule has 0 radical (unpaired) electrons. The summed E-state index contributed by atoms with van der Waals surface area (Å²) >= 11 is 0. The van der Waals surface area contributed by atoms with E-state index in [-0.39, 0.29) is 6.04 Å². The van der Waals surface area contributed by atoms with Crippen LogP contribution in [0.5, 0.6) is 0 Å². The first-order valence-corrected chi connectivity index (χ1v) is 7.78. The van der Waals surface area contributed by atoms with Crippen molar-refractivity contribution in [3.05, 3.63) is 65.7 Å². The van der Waals surface area contributed by atoms with Crippen LogP contribution < -0.4 is 11.1 Å². The molecule has 1 aliphatic heterocycles. The summed E-state index contributed by atoms with van der Waals surface area (Å²) in [5, 5.41) is 13.9. The van der Waals surface area contributed by atoms with Crippen molar-refractivity contribution < 1.29 is 5.11 Å². The SMILES string of the molecule is Nc1ccccc1C1CNCCN1CC(O)c1ccccc1. The molecular formula is C18H23N3O. The number of nitrogens with two attached hydrogens (primary N) is 1. The van der Waals surface area contributed by atoms with E-state index in [9.17, 15) is 5.11 Å². The average Bonchev–Trinajstić information content (AvgIpc) is 2.57. The number of piperazine rings is 1. The van der Waals surface area contributed by atoms with Gasteiger partial charge < -0.3 is 16.2 Å². The van der Waals surface area contributed by atoms with Crippen molar-refractivity contribution in [1.29, 1.82) is 0 Å². The second-order valence-electron chi connectivity index (χ2n) is 5.77. The first-order chi connectivity index (χ1) is 10.8. The fourth-order valence-electron chi connectivity index (χ4n) is 3.09. The van der Waals surface area contributed by atoms with Gasteiger partial charge in [-0.2, -0.15) is 0 Å². The molecule has 0 bridgehead atoms. The summed E-state index contributed by atoms with van der Waals surface area (Å²) in [6, 6.07) is 18.0. The van der Waals surface area contributed by atoms with E-state index < -0.39 is 6.10 Å². The Bertz CT molecular complexity index is 602. The summed E-state index contributed by atoms with van der Waals surface area (Å²) in [4.78, 5) is 2.32. The maximum absolute atomic E-state index is 10.5. The van der Waals surface area contributed by atoms with Crippen LogP contribution in [0, 0.1) is 0 Å². The molecule has 1 fully saturated rings. The van der Waals surface area contributed by atoms with E-state index in [1.54, 1.807) is 0 Å².